The molecule has 6 heteroatoms. The van der Waals surface area contributed by atoms with Crippen molar-refractivity contribution in [3.8, 4) is 17.0 Å². The number of nitrogens with zero attached hydrogens (tertiary/aromatic N) is 3. The SMILES string of the molecule is CCCN(c1nc(-c2ccc(Cl)cc2O)c(C)s1)C(C)c1ccncc1. The van der Waals surface area contributed by atoms with Gasteiger partial charge in [0.2, 0.25) is 0 Å². The van der Waals surface area contributed by atoms with Crippen LogP contribution in [0.4, 0.5) is 5.13 Å². The number of phenols is 1. The summed E-state index contributed by atoms with van der Waals surface area (Å²) in [7, 11) is 0. The van der Waals surface area contributed by atoms with Crippen LogP contribution in [0.1, 0.15) is 36.8 Å². The first-order valence-corrected chi connectivity index (χ1v) is 9.83. The monoisotopic (exact) mass is 387 g/mol. The molecule has 4 nitrogen and oxygen atoms in total. The smallest absolute Gasteiger partial charge is 0.186 e. The minimum Gasteiger partial charge on any atom is -0.507 e. The molecule has 0 fully saturated rings. The van der Waals surface area contributed by atoms with Gasteiger partial charge in [0.25, 0.3) is 0 Å². The topological polar surface area (TPSA) is 49.2 Å². The predicted molar refractivity (Wildman–Crippen MR) is 109 cm³/mol. The van der Waals surface area contributed by atoms with E-state index < -0.39 is 0 Å². The molecule has 1 N–H and O–H groups in total. The highest BCUT2D eigenvalue weighted by Gasteiger charge is 2.21. The molecule has 0 saturated heterocycles. The van der Waals surface area contributed by atoms with Gasteiger partial charge < -0.3 is 10.0 Å². The third kappa shape index (κ3) is 3.84. The molecule has 136 valence electrons. The van der Waals surface area contributed by atoms with Gasteiger partial charge in [-0.25, -0.2) is 4.98 Å². The third-order valence-corrected chi connectivity index (χ3v) is 5.61. The standard InChI is InChI=1S/C20H22ClN3OS/c1-4-11-24(13(2)15-7-9-22-10-8-15)20-23-19(14(3)26-20)17-6-5-16(21)12-18(17)25/h5-10,12-13,25H,4,11H2,1-3H3. The van der Waals surface area contributed by atoms with Gasteiger partial charge in [-0.1, -0.05) is 18.5 Å². The molecule has 3 aromatic rings. The van der Waals surface area contributed by atoms with Gasteiger partial charge in [0.1, 0.15) is 5.75 Å². The molecule has 0 radical (unpaired) electrons. The number of hydrogen-bond acceptors (Lipinski definition) is 5. The van der Waals surface area contributed by atoms with Crippen molar-refractivity contribution in [2.75, 3.05) is 11.4 Å². The molecule has 0 aliphatic heterocycles. The molecule has 0 aliphatic rings. The van der Waals surface area contributed by atoms with Crippen molar-refractivity contribution in [1.82, 2.24) is 9.97 Å². The number of aromatic hydroxyl groups is 1. The number of thiazole rings is 1. The number of anilines is 1. The predicted octanol–water partition coefficient (Wildman–Crippen LogP) is 5.85. The largest absolute Gasteiger partial charge is 0.507 e. The average molecular weight is 388 g/mol. The summed E-state index contributed by atoms with van der Waals surface area (Å²) in [4.78, 5) is 12.4. The lowest BCUT2D eigenvalue weighted by Crippen LogP contribution is -2.27. The molecular weight excluding hydrogens is 366 g/mol. The van der Waals surface area contributed by atoms with E-state index in [4.69, 9.17) is 16.6 Å². The van der Waals surface area contributed by atoms with E-state index in [0.29, 0.717) is 10.6 Å². The van der Waals surface area contributed by atoms with Crippen molar-refractivity contribution in [2.24, 2.45) is 0 Å². The van der Waals surface area contributed by atoms with Crippen LogP contribution in [0.3, 0.4) is 0 Å². The number of rotatable bonds is 6. The minimum absolute atomic E-state index is 0.154. The molecule has 0 spiro atoms. The zero-order valence-corrected chi connectivity index (χ0v) is 16.7. The Kier molecular flexibility index (Phi) is 5.79. The zero-order chi connectivity index (χ0) is 18.7. The maximum Gasteiger partial charge on any atom is 0.186 e. The van der Waals surface area contributed by atoms with Crippen LogP contribution >= 0.6 is 22.9 Å². The zero-order valence-electron chi connectivity index (χ0n) is 15.1. The van der Waals surface area contributed by atoms with Crippen molar-refractivity contribution >= 4 is 28.1 Å². The van der Waals surface area contributed by atoms with E-state index in [2.05, 4.69) is 23.7 Å². The number of aromatic nitrogens is 2. The summed E-state index contributed by atoms with van der Waals surface area (Å²) in [6.07, 6.45) is 4.66. The average Bonchev–Trinajstić information content (AvgIpc) is 3.01. The second-order valence-corrected chi connectivity index (χ2v) is 7.83. The molecule has 1 aromatic carbocycles. The van der Waals surface area contributed by atoms with Crippen LogP contribution in [-0.4, -0.2) is 21.6 Å². The Hall–Kier alpha value is -2.11. The Bertz CT molecular complexity index is 882. The van der Waals surface area contributed by atoms with Gasteiger partial charge in [0.05, 0.1) is 11.7 Å². The molecule has 0 saturated carbocycles. The maximum absolute atomic E-state index is 10.3. The fourth-order valence-corrected chi connectivity index (χ4v) is 4.17. The van der Waals surface area contributed by atoms with Gasteiger partial charge in [0, 0.05) is 34.4 Å². The maximum atomic E-state index is 10.3. The first-order valence-electron chi connectivity index (χ1n) is 8.64. The highest BCUT2D eigenvalue weighted by atomic mass is 35.5. The molecule has 26 heavy (non-hydrogen) atoms. The highest BCUT2D eigenvalue weighted by molar-refractivity contribution is 7.16. The fraction of sp³-hybridized carbons (Fsp3) is 0.300. The van der Waals surface area contributed by atoms with Crippen LogP contribution < -0.4 is 4.90 Å². The summed E-state index contributed by atoms with van der Waals surface area (Å²) in [6.45, 7) is 7.29. The van der Waals surface area contributed by atoms with E-state index in [1.807, 2.05) is 37.5 Å². The van der Waals surface area contributed by atoms with E-state index in [9.17, 15) is 5.11 Å². The van der Waals surface area contributed by atoms with Crippen LogP contribution in [0.5, 0.6) is 5.75 Å². The fourth-order valence-electron chi connectivity index (χ4n) is 2.98. The Morgan fingerprint density at radius 1 is 1.23 bits per heavy atom. The second-order valence-electron chi connectivity index (χ2n) is 6.21. The summed E-state index contributed by atoms with van der Waals surface area (Å²) in [5, 5.41) is 11.7. The summed E-state index contributed by atoms with van der Waals surface area (Å²) in [6, 6.07) is 9.42. The van der Waals surface area contributed by atoms with Crippen molar-refractivity contribution in [3.05, 3.63) is 58.2 Å². The Balaban J connectivity index is 1.99. The van der Waals surface area contributed by atoms with Crippen LogP contribution in [0.25, 0.3) is 11.3 Å². The minimum atomic E-state index is 0.154. The summed E-state index contributed by atoms with van der Waals surface area (Å²) < 4.78 is 0. The first-order chi connectivity index (χ1) is 12.5. The number of hydrogen-bond donors (Lipinski definition) is 1. The summed E-state index contributed by atoms with van der Waals surface area (Å²) in [5.74, 6) is 0.154. The van der Waals surface area contributed by atoms with Crippen LogP contribution in [0.15, 0.2) is 42.7 Å². The normalized spacial score (nSPS) is 12.2. The molecule has 1 atom stereocenters. The number of halogens is 1. The van der Waals surface area contributed by atoms with Gasteiger partial charge in [-0.05, 0) is 56.2 Å². The quantitative estimate of drug-likeness (QED) is 0.576. The van der Waals surface area contributed by atoms with E-state index in [1.165, 1.54) is 5.56 Å². The molecule has 0 aliphatic carbocycles. The van der Waals surface area contributed by atoms with Crippen LogP contribution in [-0.2, 0) is 0 Å². The van der Waals surface area contributed by atoms with Gasteiger partial charge in [0.15, 0.2) is 5.13 Å². The van der Waals surface area contributed by atoms with E-state index in [1.54, 1.807) is 23.5 Å². The number of benzene rings is 1. The number of phenolic OH excluding ortho intramolecular Hbond substituents is 1. The van der Waals surface area contributed by atoms with Gasteiger partial charge in [-0.2, -0.15) is 0 Å². The van der Waals surface area contributed by atoms with E-state index in [0.717, 1.165) is 28.7 Å². The van der Waals surface area contributed by atoms with Crippen molar-refractivity contribution in [1.29, 1.82) is 0 Å². The number of aryl methyl sites for hydroxylation is 1. The molecule has 3 rings (SSSR count). The number of pyridine rings is 1. The van der Waals surface area contributed by atoms with Crippen molar-refractivity contribution in [2.45, 2.75) is 33.2 Å². The lowest BCUT2D eigenvalue weighted by Gasteiger charge is -2.28. The summed E-state index contributed by atoms with van der Waals surface area (Å²) >= 11 is 7.61. The molecule has 2 aromatic heterocycles. The summed E-state index contributed by atoms with van der Waals surface area (Å²) in [5.41, 5.74) is 2.72. The molecule has 2 heterocycles. The van der Waals surface area contributed by atoms with Crippen molar-refractivity contribution < 1.29 is 5.11 Å². The van der Waals surface area contributed by atoms with Gasteiger partial charge in [-0.3, -0.25) is 4.98 Å². The second kappa shape index (κ2) is 8.06. The molecule has 1 unspecified atom stereocenters. The Labute approximate surface area is 163 Å². The molecule has 0 amide bonds. The third-order valence-electron chi connectivity index (χ3n) is 4.37. The lowest BCUT2D eigenvalue weighted by molar-refractivity contribution is 0.477. The van der Waals surface area contributed by atoms with Crippen molar-refractivity contribution in [3.63, 3.8) is 0 Å². The lowest BCUT2D eigenvalue weighted by atomic mass is 10.1. The highest BCUT2D eigenvalue weighted by Crippen LogP contribution is 2.39. The molecular formula is C20H22ClN3OS. The first kappa shape index (κ1) is 18.7. The van der Waals surface area contributed by atoms with Crippen LogP contribution in [0.2, 0.25) is 5.02 Å². The molecule has 0 bridgehead atoms. The van der Waals surface area contributed by atoms with E-state index in [-0.39, 0.29) is 11.8 Å². The van der Waals surface area contributed by atoms with Crippen LogP contribution in [0, 0.1) is 6.92 Å². The van der Waals surface area contributed by atoms with Gasteiger partial charge in [-0.15, -0.1) is 11.3 Å². The van der Waals surface area contributed by atoms with E-state index >= 15 is 0 Å². The Morgan fingerprint density at radius 3 is 2.62 bits per heavy atom. The van der Waals surface area contributed by atoms with Gasteiger partial charge >= 0.3 is 0 Å². The Morgan fingerprint density at radius 2 is 1.96 bits per heavy atom.